The molecular weight excluding hydrogens is 297 g/mol. The first-order chi connectivity index (χ1) is 9.54. The number of halogens is 2. The summed E-state index contributed by atoms with van der Waals surface area (Å²) in [4.78, 5) is 14.7. The number of fused-ring (bicyclic) bond motifs is 3. The third kappa shape index (κ3) is 2.60. The van der Waals surface area contributed by atoms with Gasteiger partial charge < -0.3 is 16.0 Å². The number of nitrogens with two attached hydrogens (primary N) is 1. The van der Waals surface area contributed by atoms with Crippen LogP contribution in [-0.2, 0) is 0 Å². The molecule has 6 heteroatoms. The van der Waals surface area contributed by atoms with Crippen LogP contribution in [0.1, 0.15) is 23.2 Å². The van der Waals surface area contributed by atoms with E-state index in [0.29, 0.717) is 27.2 Å². The molecule has 3 saturated heterocycles. The summed E-state index contributed by atoms with van der Waals surface area (Å²) in [5.41, 5.74) is 6.46. The Hall–Kier alpha value is -0.970. The van der Waals surface area contributed by atoms with E-state index in [1.54, 1.807) is 12.1 Å². The van der Waals surface area contributed by atoms with Gasteiger partial charge in [-0.15, -0.1) is 0 Å². The van der Waals surface area contributed by atoms with E-state index in [4.69, 9.17) is 28.9 Å². The van der Waals surface area contributed by atoms with E-state index in [9.17, 15) is 4.79 Å². The number of carbonyl (C=O) groups is 1. The summed E-state index contributed by atoms with van der Waals surface area (Å²) < 4.78 is 0. The molecule has 3 aliphatic rings. The molecule has 1 aromatic carbocycles. The average molecular weight is 314 g/mol. The van der Waals surface area contributed by atoms with Crippen LogP contribution in [0.25, 0.3) is 0 Å². The zero-order valence-corrected chi connectivity index (χ0v) is 12.5. The summed E-state index contributed by atoms with van der Waals surface area (Å²) >= 11 is 11.9. The molecule has 0 aromatic heterocycles. The molecule has 0 spiro atoms. The second kappa shape index (κ2) is 5.43. The summed E-state index contributed by atoms with van der Waals surface area (Å²) in [5, 5.41) is 3.73. The van der Waals surface area contributed by atoms with Crippen molar-refractivity contribution in [2.24, 2.45) is 5.92 Å². The number of hydrogen-bond acceptors (Lipinski definition) is 3. The van der Waals surface area contributed by atoms with Crippen LogP contribution in [-0.4, -0.2) is 36.5 Å². The van der Waals surface area contributed by atoms with Gasteiger partial charge in [-0.1, -0.05) is 23.2 Å². The Morgan fingerprint density at radius 1 is 1.25 bits per heavy atom. The highest BCUT2D eigenvalue weighted by atomic mass is 35.5. The maximum atomic E-state index is 12.3. The highest BCUT2D eigenvalue weighted by Gasteiger charge is 2.35. The highest BCUT2D eigenvalue weighted by Crippen LogP contribution is 2.30. The van der Waals surface area contributed by atoms with Crippen LogP contribution in [0.4, 0.5) is 5.69 Å². The fourth-order valence-corrected chi connectivity index (χ4v) is 3.58. The molecule has 108 valence electrons. The zero-order chi connectivity index (χ0) is 14.3. The molecule has 3 N–H and O–H groups in total. The Morgan fingerprint density at radius 3 is 2.35 bits per heavy atom. The Labute approximate surface area is 128 Å². The van der Waals surface area contributed by atoms with Gasteiger partial charge in [-0.05, 0) is 44.0 Å². The standard InChI is InChI=1S/C14H17Cl2N3O/c15-10-5-9(6-11(16)13(10)17)14(20)18-12-7-19-3-1-8(12)2-4-19/h5-6,8,12H,1-4,7,17H2,(H,18,20). The molecule has 1 aromatic rings. The molecule has 3 aliphatic heterocycles. The van der Waals surface area contributed by atoms with Crippen LogP contribution in [0.3, 0.4) is 0 Å². The molecule has 1 amide bonds. The third-order valence-corrected chi connectivity index (χ3v) is 4.94. The van der Waals surface area contributed by atoms with Crippen molar-refractivity contribution in [3.05, 3.63) is 27.7 Å². The molecule has 2 bridgehead atoms. The molecule has 3 fully saturated rings. The Bertz CT molecular complexity index is 518. The molecule has 0 radical (unpaired) electrons. The van der Waals surface area contributed by atoms with Gasteiger partial charge in [0.1, 0.15) is 0 Å². The van der Waals surface area contributed by atoms with Gasteiger partial charge in [0.15, 0.2) is 0 Å². The van der Waals surface area contributed by atoms with Gasteiger partial charge in [0.05, 0.1) is 15.7 Å². The maximum Gasteiger partial charge on any atom is 0.251 e. The van der Waals surface area contributed by atoms with E-state index in [1.807, 2.05) is 0 Å². The van der Waals surface area contributed by atoms with Crippen molar-refractivity contribution in [1.29, 1.82) is 0 Å². The first kappa shape index (κ1) is 14.0. The van der Waals surface area contributed by atoms with Crippen LogP contribution in [0.5, 0.6) is 0 Å². The summed E-state index contributed by atoms with van der Waals surface area (Å²) in [6.45, 7) is 3.24. The Kier molecular flexibility index (Phi) is 3.80. The molecule has 0 aliphatic carbocycles. The van der Waals surface area contributed by atoms with Crippen molar-refractivity contribution in [3.63, 3.8) is 0 Å². The summed E-state index contributed by atoms with van der Waals surface area (Å²) in [6.07, 6.45) is 2.32. The second-order valence-corrected chi connectivity index (χ2v) is 6.39. The van der Waals surface area contributed by atoms with Crippen LogP contribution in [0.2, 0.25) is 10.0 Å². The minimum atomic E-state index is -0.132. The van der Waals surface area contributed by atoms with E-state index < -0.39 is 0 Å². The van der Waals surface area contributed by atoms with Crippen molar-refractivity contribution in [3.8, 4) is 0 Å². The third-order valence-electron chi connectivity index (χ3n) is 4.31. The van der Waals surface area contributed by atoms with Gasteiger partial charge in [-0.3, -0.25) is 4.79 Å². The second-order valence-electron chi connectivity index (χ2n) is 5.57. The van der Waals surface area contributed by atoms with Crippen molar-refractivity contribution < 1.29 is 4.79 Å². The van der Waals surface area contributed by atoms with Gasteiger partial charge in [0, 0.05) is 18.2 Å². The van der Waals surface area contributed by atoms with E-state index in [0.717, 1.165) is 32.5 Å². The molecule has 4 rings (SSSR count). The quantitative estimate of drug-likeness (QED) is 0.824. The molecule has 0 saturated carbocycles. The van der Waals surface area contributed by atoms with E-state index in [1.165, 1.54) is 0 Å². The lowest BCUT2D eigenvalue weighted by atomic mass is 9.84. The summed E-state index contributed by atoms with van der Waals surface area (Å²) in [6, 6.07) is 3.36. The predicted molar refractivity (Wildman–Crippen MR) is 81.3 cm³/mol. The van der Waals surface area contributed by atoms with Crippen molar-refractivity contribution >= 4 is 34.8 Å². The first-order valence-corrected chi connectivity index (χ1v) is 7.58. The summed E-state index contributed by atoms with van der Waals surface area (Å²) in [5.74, 6) is 0.455. The first-order valence-electron chi connectivity index (χ1n) is 6.82. The molecule has 1 unspecified atom stereocenters. The number of benzene rings is 1. The smallest absolute Gasteiger partial charge is 0.251 e. The minimum absolute atomic E-state index is 0.132. The van der Waals surface area contributed by atoms with Crippen LogP contribution >= 0.6 is 23.2 Å². The number of carbonyl (C=O) groups excluding carboxylic acids is 1. The largest absolute Gasteiger partial charge is 0.396 e. The number of nitrogens with zero attached hydrogens (tertiary/aromatic N) is 1. The number of amides is 1. The van der Waals surface area contributed by atoms with Crippen molar-refractivity contribution in [2.75, 3.05) is 25.4 Å². The minimum Gasteiger partial charge on any atom is -0.396 e. The lowest BCUT2D eigenvalue weighted by molar-refractivity contribution is 0.0620. The number of rotatable bonds is 2. The Morgan fingerprint density at radius 2 is 1.85 bits per heavy atom. The summed E-state index contributed by atoms with van der Waals surface area (Å²) in [7, 11) is 0. The zero-order valence-electron chi connectivity index (χ0n) is 11.0. The van der Waals surface area contributed by atoms with E-state index in [2.05, 4.69) is 10.2 Å². The fourth-order valence-electron chi connectivity index (χ4n) is 3.10. The highest BCUT2D eigenvalue weighted by molar-refractivity contribution is 6.39. The van der Waals surface area contributed by atoms with Crippen molar-refractivity contribution in [2.45, 2.75) is 18.9 Å². The number of hydrogen-bond donors (Lipinski definition) is 2. The van der Waals surface area contributed by atoms with Crippen LogP contribution in [0, 0.1) is 5.92 Å². The lowest BCUT2D eigenvalue weighted by Gasteiger charge is -2.44. The predicted octanol–water partition coefficient (Wildman–Crippen LogP) is 2.40. The van der Waals surface area contributed by atoms with Gasteiger partial charge in [0.25, 0.3) is 5.91 Å². The molecule has 4 nitrogen and oxygen atoms in total. The molecule has 20 heavy (non-hydrogen) atoms. The Balaban J connectivity index is 1.73. The molecule has 1 atom stereocenters. The average Bonchev–Trinajstić information content (AvgIpc) is 2.45. The molecular formula is C14H17Cl2N3O. The topological polar surface area (TPSA) is 58.4 Å². The van der Waals surface area contributed by atoms with E-state index >= 15 is 0 Å². The van der Waals surface area contributed by atoms with E-state index in [-0.39, 0.29) is 11.9 Å². The van der Waals surface area contributed by atoms with Gasteiger partial charge >= 0.3 is 0 Å². The normalized spacial score (nSPS) is 28.4. The van der Waals surface area contributed by atoms with Gasteiger partial charge in [-0.25, -0.2) is 0 Å². The SMILES string of the molecule is Nc1c(Cl)cc(C(=O)NC2CN3CCC2CC3)cc1Cl. The number of piperidine rings is 3. The molecule has 3 heterocycles. The fraction of sp³-hybridized carbons (Fsp3) is 0.500. The van der Waals surface area contributed by atoms with Crippen molar-refractivity contribution in [1.82, 2.24) is 10.2 Å². The van der Waals surface area contributed by atoms with Crippen LogP contribution < -0.4 is 11.1 Å². The number of anilines is 1. The number of nitrogen functional groups attached to an aromatic ring is 1. The van der Waals surface area contributed by atoms with Crippen LogP contribution in [0.15, 0.2) is 12.1 Å². The van der Waals surface area contributed by atoms with Gasteiger partial charge in [0.2, 0.25) is 0 Å². The lowest BCUT2D eigenvalue weighted by Crippen LogP contribution is -2.57. The number of nitrogens with one attached hydrogen (secondary N) is 1. The monoisotopic (exact) mass is 313 g/mol. The van der Waals surface area contributed by atoms with Gasteiger partial charge in [-0.2, -0.15) is 0 Å². The maximum absolute atomic E-state index is 12.3.